The fourth-order valence-corrected chi connectivity index (χ4v) is 3.39. The summed E-state index contributed by atoms with van der Waals surface area (Å²) in [6.07, 6.45) is 1.37. The van der Waals surface area contributed by atoms with Crippen LogP contribution in [0.2, 0.25) is 0 Å². The molecule has 6 nitrogen and oxygen atoms in total. The Morgan fingerprint density at radius 2 is 1.55 bits per heavy atom. The number of carboxylic acids is 1. The number of carboxylic acid groups (broad SMARTS) is 1. The summed E-state index contributed by atoms with van der Waals surface area (Å²) in [7, 11) is 0. The molecular weight excluding hydrogens is 366 g/mol. The van der Waals surface area contributed by atoms with Crippen molar-refractivity contribution >= 4 is 22.6 Å². The number of primary amides is 1. The average molecular weight is 383 g/mol. The Morgan fingerprint density at radius 1 is 0.897 bits per heavy atom. The van der Waals surface area contributed by atoms with Crippen molar-refractivity contribution in [3.05, 3.63) is 83.8 Å². The second kappa shape index (κ2) is 7.16. The molecule has 1 heterocycles. The van der Waals surface area contributed by atoms with Gasteiger partial charge in [-0.1, -0.05) is 54.6 Å². The van der Waals surface area contributed by atoms with Gasteiger partial charge in [0.05, 0.1) is 23.1 Å². The van der Waals surface area contributed by atoms with Gasteiger partial charge >= 0.3 is 5.97 Å². The minimum absolute atomic E-state index is 0.116. The van der Waals surface area contributed by atoms with Crippen molar-refractivity contribution in [3.8, 4) is 22.4 Å². The standard InChI is InChI=1S/C23H17N3O3/c1-13-21(26-20(12-25-13)22(24)27)15-8-6-14(7-9-15)16-10-11-19(23(28)29)18-5-3-2-4-17(16)18/h2-12H,1H3,(H2,24,27)(H,28,29). The normalized spacial score (nSPS) is 10.8. The molecule has 142 valence electrons. The number of rotatable bonds is 4. The van der Waals surface area contributed by atoms with Crippen molar-refractivity contribution in [1.82, 2.24) is 9.97 Å². The van der Waals surface area contributed by atoms with Crippen LogP contribution in [0.5, 0.6) is 0 Å². The van der Waals surface area contributed by atoms with E-state index in [-0.39, 0.29) is 11.3 Å². The molecule has 0 unspecified atom stereocenters. The molecule has 1 aromatic heterocycles. The summed E-state index contributed by atoms with van der Waals surface area (Å²) in [5.74, 6) is -1.58. The monoisotopic (exact) mass is 383 g/mol. The highest BCUT2D eigenvalue weighted by Crippen LogP contribution is 2.32. The number of amides is 1. The van der Waals surface area contributed by atoms with Gasteiger partial charge in [-0.25, -0.2) is 9.78 Å². The molecule has 0 radical (unpaired) electrons. The number of nitrogens with two attached hydrogens (primary N) is 1. The molecule has 0 aliphatic heterocycles. The van der Waals surface area contributed by atoms with Gasteiger partial charge in [0.15, 0.2) is 0 Å². The van der Waals surface area contributed by atoms with Crippen LogP contribution in [0.25, 0.3) is 33.2 Å². The highest BCUT2D eigenvalue weighted by Gasteiger charge is 2.13. The van der Waals surface area contributed by atoms with Crippen molar-refractivity contribution in [3.63, 3.8) is 0 Å². The molecule has 4 rings (SSSR count). The van der Waals surface area contributed by atoms with E-state index in [1.54, 1.807) is 6.07 Å². The molecule has 29 heavy (non-hydrogen) atoms. The van der Waals surface area contributed by atoms with E-state index in [9.17, 15) is 14.7 Å². The lowest BCUT2D eigenvalue weighted by molar-refractivity contribution is 0.0698. The number of nitrogens with zero attached hydrogens (tertiary/aromatic N) is 2. The van der Waals surface area contributed by atoms with Gasteiger partial charge in [0.1, 0.15) is 5.69 Å². The van der Waals surface area contributed by atoms with Crippen molar-refractivity contribution in [2.75, 3.05) is 0 Å². The van der Waals surface area contributed by atoms with Crippen LogP contribution in [-0.4, -0.2) is 27.0 Å². The Morgan fingerprint density at radius 3 is 2.21 bits per heavy atom. The number of hydrogen-bond donors (Lipinski definition) is 2. The SMILES string of the molecule is Cc1ncc(C(N)=O)nc1-c1ccc(-c2ccc(C(=O)O)c3ccccc23)cc1. The Kier molecular flexibility index (Phi) is 4.52. The number of hydrogen-bond acceptors (Lipinski definition) is 4. The molecule has 0 atom stereocenters. The smallest absolute Gasteiger partial charge is 0.336 e. The maximum absolute atomic E-state index is 11.5. The first-order valence-electron chi connectivity index (χ1n) is 8.95. The third-order valence-electron chi connectivity index (χ3n) is 4.83. The molecule has 4 aromatic rings. The van der Waals surface area contributed by atoms with Crippen LogP contribution in [0.3, 0.4) is 0 Å². The van der Waals surface area contributed by atoms with E-state index < -0.39 is 11.9 Å². The molecule has 1 amide bonds. The van der Waals surface area contributed by atoms with Gasteiger partial charge in [-0.2, -0.15) is 0 Å². The van der Waals surface area contributed by atoms with Gasteiger partial charge in [0, 0.05) is 5.56 Å². The maximum Gasteiger partial charge on any atom is 0.336 e. The molecule has 0 saturated carbocycles. The second-order valence-electron chi connectivity index (χ2n) is 6.64. The Hall–Kier alpha value is -4.06. The predicted octanol–water partition coefficient (Wildman–Crippen LogP) is 4.07. The predicted molar refractivity (Wildman–Crippen MR) is 111 cm³/mol. The number of aromatic nitrogens is 2. The molecule has 0 fully saturated rings. The van der Waals surface area contributed by atoms with Crippen LogP contribution >= 0.6 is 0 Å². The number of benzene rings is 3. The first-order chi connectivity index (χ1) is 14.0. The fourth-order valence-electron chi connectivity index (χ4n) is 3.39. The van der Waals surface area contributed by atoms with Crippen LogP contribution < -0.4 is 5.73 Å². The van der Waals surface area contributed by atoms with Crippen molar-refractivity contribution < 1.29 is 14.7 Å². The summed E-state index contributed by atoms with van der Waals surface area (Å²) < 4.78 is 0. The number of aryl methyl sites for hydroxylation is 1. The van der Waals surface area contributed by atoms with Crippen LogP contribution in [0.1, 0.15) is 26.5 Å². The molecular formula is C23H17N3O3. The molecule has 0 saturated heterocycles. The second-order valence-corrected chi connectivity index (χ2v) is 6.64. The largest absolute Gasteiger partial charge is 0.478 e. The number of fused-ring (bicyclic) bond motifs is 1. The summed E-state index contributed by atoms with van der Waals surface area (Å²) in [5.41, 5.74) is 9.69. The third-order valence-corrected chi connectivity index (χ3v) is 4.83. The van der Waals surface area contributed by atoms with Crippen molar-refractivity contribution in [2.45, 2.75) is 6.92 Å². The maximum atomic E-state index is 11.5. The number of carbonyl (C=O) groups excluding carboxylic acids is 1. The van der Waals surface area contributed by atoms with E-state index in [0.717, 1.165) is 22.1 Å². The summed E-state index contributed by atoms with van der Waals surface area (Å²) in [6.45, 7) is 1.82. The first-order valence-corrected chi connectivity index (χ1v) is 8.95. The zero-order chi connectivity index (χ0) is 20.5. The average Bonchev–Trinajstić information content (AvgIpc) is 2.73. The fraction of sp³-hybridized carbons (Fsp3) is 0.0435. The topological polar surface area (TPSA) is 106 Å². The van der Waals surface area contributed by atoms with Crippen molar-refractivity contribution in [2.24, 2.45) is 5.73 Å². The Balaban J connectivity index is 1.80. The number of carbonyl (C=O) groups is 2. The van der Waals surface area contributed by atoms with E-state index in [0.29, 0.717) is 16.8 Å². The van der Waals surface area contributed by atoms with Gasteiger partial charge in [0.2, 0.25) is 0 Å². The number of aromatic carboxylic acids is 1. The van der Waals surface area contributed by atoms with Gasteiger partial charge in [-0.3, -0.25) is 9.78 Å². The van der Waals surface area contributed by atoms with E-state index >= 15 is 0 Å². The van der Waals surface area contributed by atoms with E-state index in [2.05, 4.69) is 9.97 Å². The van der Waals surface area contributed by atoms with Crippen molar-refractivity contribution in [1.29, 1.82) is 0 Å². The molecule has 0 bridgehead atoms. The molecule has 3 aromatic carbocycles. The highest BCUT2D eigenvalue weighted by molar-refractivity contribution is 6.08. The lowest BCUT2D eigenvalue weighted by atomic mass is 9.94. The van der Waals surface area contributed by atoms with Gasteiger partial charge < -0.3 is 10.8 Å². The zero-order valence-electron chi connectivity index (χ0n) is 15.6. The van der Waals surface area contributed by atoms with Gasteiger partial charge in [0.25, 0.3) is 5.91 Å². The van der Waals surface area contributed by atoms with Crippen LogP contribution in [0.4, 0.5) is 0 Å². The lowest BCUT2D eigenvalue weighted by Crippen LogP contribution is -2.14. The molecule has 6 heteroatoms. The van der Waals surface area contributed by atoms with Crippen LogP contribution in [0.15, 0.2) is 66.9 Å². The Bertz CT molecular complexity index is 1260. The first kappa shape index (κ1) is 18.3. The minimum Gasteiger partial charge on any atom is -0.478 e. The summed E-state index contributed by atoms with van der Waals surface area (Å²) in [5, 5.41) is 11.0. The van der Waals surface area contributed by atoms with Gasteiger partial charge in [-0.05, 0) is 34.9 Å². The zero-order valence-corrected chi connectivity index (χ0v) is 15.6. The third kappa shape index (κ3) is 3.32. The quantitative estimate of drug-likeness (QED) is 0.552. The van der Waals surface area contributed by atoms with E-state index in [4.69, 9.17) is 5.73 Å². The van der Waals surface area contributed by atoms with Crippen LogP contribution in [0, 0.1) is 6.92 Å². The molecule has 0 spiro atoms. The minimum atomic E-state index is -0.952. The Labute approximate surface area is 166 Å². The summed E-state index contributed by atoms with van der Waals surface area (Å²) in [6, 6.07) is 18.6. The molecule has 0 aliphatic rings. The highest BCUT2D eigenvalue weighted by atomic mass is 16.4. The van der Waals surface area contributed by atoms with E-state index in [1.807, 2.05) is 61.5 Å². The summed E-state index contributed by atoms with van der Waals surface area (Å²) >= 11 is 0. The van der Waals surface area contributed by atoms with Crippen LogP contribution in [-0.2, 0) is 0 Å². The molecule has 0 aliphatic carbocycles. The van der Waals surface area contributed by atoms with Gasteiger partial charge in [-0.15, -0.1) is 0 Å². The lowest BCUT2D eigenvalue weighted by Gasteiger charge is -2.11. The van der Waals surface area contributed by atoms with E-state index in [1.165, 1.54) is 6.20 Å². The summed E-state index contributed by atoms with van der Waals surface area (Å²) in [4.78, 5) is 31.5. The molecule has 3 N–H and O–H groups in total.